The number of hydrogen-bond acceptors (Lipinski definition) is 3. The Bertz CT molecular complexity index is 477. The molecule has 0 saturated heterocycles. The highest BCUT2D eigenvalue weighted by molar-refractivity contribution is 6.33. The maximum Gasteiger partial charge on any atom is 0.331 e. The highest BCUT2D eigenvalue weighted by Crippen LogP contribution is 2.40. The molecule has 1 aromatic carbocycles. The second-order valence-corrected chi connectivity index (χ2v) is 5.83. The third-order valence-corrected chi connectivity index (χ3v) is 4.44. The average molecular weight is 296 g/mol. The summed E-state index contributed by atoms with van der Waals surface area (Å²) in [6, 6.07) is 7.53. The van der Waals surface area contributed by atoms with E-state index in [1.165, 1.54) is 0 Å². The van der Waals surface area contributed by atoms with E-state index in [4.69, 9.17) is 16.3 Å². The lowest BCUT2D eigenvalue weighted by Gasteiger charge is -2.30. The van der Waals surface area contributed by atoms with Crippen LogP contribution in [0.4, 0.5) is 5.69 Å². The van der Waals surface area contributed by atoms with Crippen LogP contribution in [0, 0.1) is 5.92 Å². The van der Waals surface area contributed by atoms with Gasteiger partial charge in [-0.3, -0.25) is 0 Å². The lowest BCUT2D eigenvalue weighted by molar-refractivity contribution is -0.148. The van der Waals surface area contributed by atoms with Gasteiger partial charge in [-0.05, 0) is 44.2 Å². The van der Waals surface area contributed by atoms with Gasteiger partial charge in [0.15, 0.2) is 0 Å². The monoisotopic (exact) mass is 295 g/mol. The lowest BCUT2D eigenvalue weighted by Crippen LogP contribution is -2.45. The SMILES string of the molecule is CCOC(=O)C1(Nc2ccccc2Cl)CCC(CC)C1. The molecule has 2 unspecified atom stereocenters. The van der Waals surface area contributed by atoms with Gasteiger partial charge >= 0.3 is 5.97 Å². The molecule has 0 heterocycles. The van der Waals surface area contributed by atoms with Crippen LogP contribution in [0.5, 0.6) is 0 Å². The number of halogens is 1. The quantitative estimate of drug-likeness (QED) is 0.825. The van der Waals surface area contributed by atoms with Gasteiger partial charge in [0.25, 0.3) is 0 Å². The molecule has 0 aromatic heterocycles. The molecule has 2 atom stereocenters. The van der Waals surface area contributed by atoms with Crippen LogP contribution in [0.3, 0.4) is 0 Å². The number of rotatable bonds is 5. The van der Waals surface area contributed by atoms with Crippen LogP contribution >= 0.6 is 11.6 Å². The summed E-state index contributed by atoms with van der Waals surface area (Å²) < 4.78 is 5.29. The zero-order chi connectivity index (χ0) is 14.6. The summed E-state index contributed by atoms with van der Waals surface area (Å²) in [6.45, 7) is 4.41. The molecule has 1 N–H and O–H groups in total. The van der Waals surface area contributed by atoms with E-state index in [2.05, 4.69) is 12.2 Å². The van der Waals surface area contributed by atoms with Crippen molar-refractivity contribution in [2.75, 3.05) is 11.9 Å². The van der Waals surface area contributed by atoms with Gasteiger partial charge in [0.05, 0.1) is 17.3 Å². The number of para-hydroxylation sites is 1. The third kappa shape index (κ3) is 3.09. The Morgan fingerprint density at radius 3 is 2.80 bits per heavy atom. The fourth-order valence-electron chi connectivity index (χ4n) is 2.94. The Balaban J connectivity index is 2.24. The number of ether oxygens (including phenoxy) is 1. The molecular formula is C16H22ClNO2. The molecule has 1 aliphatic carbocycles. The van der Waals surface area contributed by atoms with Crippen LogP contribution < -0.4 is 5.32 Å². The van der Waals surface area contributed by atoms with Crippen molar-refractivity contribution in [3.05, 3.63) is 29.3 Å². The van der Waals surface area contributed by atoms with Gasteiger partial charge in [-0.25, -0.2) is 4.79 Å². The summed E-state index contributed by atoms with van der Waals surface area (Å²) in [4.78, 5) is 12.4. The van der Waals surface area contributed by atoms with Crippen LogP contribution in [0.2, 0.25) is 5.02 Å². The van der Waals surface area contributed by atoms with E-state index in [-0.39, 0.29) is 5.97 Å². The van der Waals surface area contributed by atoms with E-state index >= 15 is 0 Å². The molecule has 20 heavy (non-hydrogen) atoms. The number of carbonyl (C=O) groups is 1. The van der Waals surface area contributed by atoms with E-state index in [0.29, 0.717) is 17.5 Å². The number of carbonyl (C=O) groups excluding carboxylic acids is 1. The fourth-order valence-corrected chi connectivity index (χ4v) is 3.12. The van der Waals surface area contributed by atoms with Crippen LogP contribution in [0.1, 0.15) is 39.5 Å². The van der Waals surface area contributed by atoms with Gasteiger partial charge < -0.3 is 10.1 Å². The second-order valence-electron chi connectivity index (χ2n) is 5.42. The van der Waals surface area contributed by atoms with Crippen LogP contribution in [0.15, 0.2) is 24.3 Å². The Hall–Kier alpha value is -1.22. The van der Waals surface area contributed by atoms with Crippen molar-refractivity contribution in [3.8, 4) is 0 Å². The van der Waals surface area contributed by atoms with Gasteiger partial charge in [0, 0.05) is 0 Å². The maximum absolute atomic E-state index is 12.4. The Labute approximate surface area is 125 Å². The molecule has 2 rings (SSSR count). The van der Waals surface area contributed by atoms with Crippen molar-refractivity contribution < 1.29 is 9.53 Å². The smallest absolute Gasteiger partial charge is 0.331 e. The predicted octanol–water partition coefficient (Wildman–Crippen LogP) is 4.26. The first-order valence-electron chi connectivity index (χ1n) is 7.31. The van der Waals surface area contributed by atoms with Crippen molar-refractivity contribution >= 4 is 23.3 Å². The highest BCUT2D eigenvalue weighted by atomic mass is 35.5. The normalized spacial score (nSPS) is 25.4. The lowest BCUT2D eigenvalue weighted by atomic mass is 9.94. The largest absolute Gasteiger partial charge is 0.464 e. The topological polar surface area (TPSA) is 38.3 Å². The Kier molecular flexibility index (Phi) is 4.92. The van der Waals surface area contributed by atoms with Gasteiger partial charge in [0.2, 0.25) is 0 Å². The molecule has 1 saturated carbocycles. The summed E-state index contributed by atoms with van der Waals surface area (Å²) in [5.41, 5.74) is 0.181. The van der Waals surface area contributed by atoms with Crippen molar-refractivity contribution in [2.24, 2.45) is 5.92 Å². The fraction of sp³-hybridized carbons (Fsp3) is 0.562. The molecule has 4 heteroatoms. The van der Waals surface area contributed by atoms with Crippen molar-refractivity contribution in [1.29, 1.82) is 0 Å². The average Bonchev–Trinajstić information content (AvgIpc) is 2.86. The summed E-state index contributed by atoms with van der Waals surface area (Å²) in [5, 5.41) is 4.00. The van der Waals surface area contributed by atoms with Crippen molar-refractivity contribution in [2.45, 2.75) is 45.1 Å². The first-order valence-corrected chi connectivity index (χ1v) is 7.69. The summed E-state index contributed by atoms with van der Waals surface area (Å²) in [5.74, 6) is 0.408. The van der Waals surface area contributed by atoms with Crippen LogP contribution in [-0.2, 0) is 9.53 Å². The van der Waals surface area contributed by atoms with E-state index in [1.54, 1.807) is 0 Å². The minimum absolute atomic E-state index is 0.157. The highest BCUT2D eigenvalue weighted by Gasteiger charge is 2.46. The Morgan fingerprint density at radius 1 is 1.45 bits per heavy atom. The first-order chi connectivity index (χ1) is 9.61. The molecule has 0 bridgehead atoms. The van der Waals surface area contributed by atoms with E-state index in [0.717, 1.165) is 31.4 Å². The molecule has 1 aromatic rings. The van der Waals surface area contributed by atoms with Crippen molar-refractivity contribution in [3.63, 3.8) is 0 Å². The molecular weight excluding hydrogens is 274 g/mol. The van der Waals surface area contributed by atoms with Gasteiger partial charge in [-0.15, -0.1) is 0 Å². The summed E-state index contributed by atoms with van der Waals surface area (Å²) in [6.07, 6.45) is 3.75. The van der Waals surface area contributed by atoms with E-state index < -0.39 is 5.54 Å². The zero-order valence-electron chi connectivity index (χ0n) is 12.1. The molecule has 0 radical (unpaired) electrons. The number of anilines is 1. The summed E-state index contributed by atoms with van der Waals surface area (Å²) >= 11 is 6.20. The van der Waals surface area contributed by atoms with Crippen molar-refractivity contribution in [1.82, 2.24) is 0 Å². The zero-order valence-corrected chi connectivity index (χ0v) is 12.9. The summed E-state index contributed by atoms with van der Waals surface area (Å²) in [7, 11) is 0. The second kappa shape index (κ2) is 6.49. The van der Waals surface area contributed by atoms with Crippen LogP contribution in [-0.4, -0.2) is 18.1 Å². The molecule has 3 nitrogen and oxygen atoms in total. The van der Waals surface area contributed by atoms with E-state index in [1.807, 2.05) is 31.2 Å². The molecule has 0 aliphatic heterocycles. The number of esters is 1. The minimum Gasteiger partial charge on any atom is -0.464 e. The standard InChI is InChI=1S/C16H22ClNO2/c1-3-12-9-10-16(11-12,15(19)20-4-2)18-14-8-6-5-7-13(14)17/h5-8,12,18H,3-4,9-11H2,1-2H3. The van der Waals surface area contributed by atoms with Gasteiger partial charge in [0.1, 0.15) is 5.54 Å². The number of nitrogens with one attached hydrogen (secondary N) is 1. The third-order valence-electron chi connectivity index (χ3n) is 4.11. The Morgan fingerprint density at radius 2 is 2.20 bits per heavy atom. The van der Waals surface area contributed by atoms with Crippen LogP contribution in [0.25, 0.3) is 0 Å². The molecule has 1 fully saturated rings. The number of benzene rings is 1. The van der Waals surface area contributed by atoms with Gasteiger partial charge in [-0.1, -0.05) is 37.1 Å². The number of hydrogen-bond donors (Lipinski definition) is 1. The molecule has 0 amide bonds. The van der Waals surface area contributed by atoms with E-state index in [9.17, 15) is 4.79 Å². The molecule has 1 aliphatic rings. The molecule has 110 valence electrons. The molecule has 0 spiro atoms. The maximum atomic E-state index is 12.4. The van der Waals surface area contributed by atoms with Gasteiger partial charge in [-0.2, -0.15) is 0 Å². The first kappa shape index (κ1) is 15.2. The minimum atomic E-state index is -0.623. The predicted molar refractivity (Wildman–Crippen MR) is 82.1 cm³/mol.